The van der Waals surface area contributed by atoms with Crippen molar-refractivity contribution in [3.8, 4) is 5.75 Å². The van der Waals surface area contributed by atoms with Gasteiger partial charge in [-0.1, -0.05) is 12.1 Å². The molecule has 0 bridgehead atoms. The van der Waals surface area contributed by atoms with Gasteiger partial charge in [0.05, 0.1) is 28.0 Å². The molecule has 0 radical (unpaired) electrons. The van der Waals surface area contributed by atoms with Gasteiger partial charge in [-0.3, -0.25) is 14.9 Å². The molecule has 9 heteroatoms. The number of amides is 2. The summed E-state index contributed by atoms with van der Waals surface area (Å²) >= 11 is 7.37. The largest absolute Gasteiger partial charge is 0.496 e. The number of methoxy groups -OCH3 is 1. The van der Waals surface area contributed by atoms with Crippen LogP contribution in [0.5, 0.6) is 5.75 Å². The van der Waals surface area contributed by atoms with Crippen LogP contribution in [0.2, 0.25) is 0 Å². The second-order valence-corrected chi connectivity index (χ2v) is 8.22. The van der Waals surface area contributed by atoms with Crippen molar-refractivity contribution in [2.75, 3.05) is 25.6 Å². The Balaban J connectivity index is 1.61. The number of nitrogens with one attached hydrogen (secondary N) is 3. The fourth-order valence-corrected chi connectivity index (χ4v) is 3.97. The molecule has 3 N–H and O–H groups in total. The summed E-state index contributed by atoms with van der Waals surface area (Å²) in [7, 11) is 1.57. The minimum Gasteiger partial charge on any atom is -0.496 e. The number of ether oxygens (including phenoxy) is 2. The molecule has 2 amide bonds. The number of halogens is 1. The van der Waals surface area contributed by atoms with E-state index in [1.807, 2.05) is 0 Å². The lowest BCUT2D eigenvalue weighted by Gasteiger charge is -2.15. The predicted octanol–water partition coefficient (Wildman–Crippen LogP) is 3.34. The molecule has 1 aliphatic heterocycles. The zero-order valence-electron chi connectivity index (χ0n) is 16.4. The highest BCUT2D eigenvalue weighted by Crippen LogP contribution is 2.21. The van der Waals surface area contributed by atoms with Crippen molar-refractivity contribution in [3.05, 3.63) is 57.2 Å². The summed E-state index contributed by atoms with van der Waals surface area (Å²) in [6, 6.07) is 12.1. The number of rotatable bonds is 6. The Kier molecular flexibility index (Phi) is 8.00. The maximum absolute atomic E-state index is 12.6. The van der Waals surface area contributed by atoms with Gasteiger partial charge in [-0.2, -0.15) is 0 Å². The minimum atomic E-state index is -0.353. The monoisotopic (exact) mass is 539 g/mol. The van der Waals surface area contributed by atoms with Crippen LogP contribution in [0.3, 0.4) is 0 Å². The number of carbonyl (C=O) groups is 2. The van der Waals surface area contributed by atoms with Crippen molar-refractivity contribution in [3.63, 3.8) is 0 Å². The van der Waals surface area contributed by atoms with Crippen molar-refractivity contribution < 1.29 is 19.1 Å². The van der Waals surface area contributed by atoms with Crippen LogP contribution in [-0.4, -0.2) is 43.3 Å². The van der Waals surface area contributed by atoms with Crippen LogP contribution < -0.4 is 20.7 Å². The first kappa shape index (κ1) is 22.4. The van der Waals surface area contributed by atoms with E-state index in [-0.39, 0.29) is 23.0 Å². The van der Waals surface area contributed by atoms with Gasteiger partial charge in [-0.15, -0.1) is 0 Å². The second-order valence-electron chi connectivity index (χ2n) is 6.65. The van der Waals surface area contributed by atoms with Gasteiger partial charge < -0.3 is 20.1 Å². The zero-order valence-corrected chi connectivity index (χ0v) is 19.3. The van der Waals surface area contributed by atoms with Gasteiger partial charge in [0.25, 0.3) is 11.8 Å². The van der Waals surface area contributed by atoms with Crippen molar-refractivity contribution in [1.29, 1.82) is 0 Å². The Labute approximate surface area is 194 Å². The summed E-state index contributed by atoms with van der Waals surface area (Å²) in [5.41, 5.74) is 1.40. The number of thiocarbonyl (C=S) groups is 1. The van der Waals surface area contributed by atoms with Gasteiger partial charge in [-0.25, -0.2) is 0 Å². The molecule has 0 aromatic heterocycles. The van der Waals surface area contributed by atoms with Gasteiger partial charge in [0, 0.05) is 18.7 Å². The van der Waals surface area contributed by atoms with Crippen LogP contribution in [0.25, 0.3) is 0 Å². The zero-order chi connectivity index (χ0) is 21.5. The van der Waals surface area contributed by atoms with Crippen molar-refractivity contribution in [2.24, 2.45) is 0 Å². The van der Waals surface area contributed by atoms with Gasteiger partial charge in [-0.05, 0) is 78.0 Å². The van der Waals surface area contributed by atoms with Crippen LogP contribution in [0.4, 0.5) is 5.69 Å². The van der Waals surface area contributed by atoms with E-state index in [9.17, 15) is 9.59 Å². The average molecular weight is 539 g/mol. The fourth-order valence-electron chi connectivity index (χ4n) is 3.03. The number of hydrogen-bond acceptors (Lipinski definition) is 5. The molecule has 2 aromatic rings. The molecule has 7 nitrogen and oxygen atoms in total. The molecule has 1 unspecified atom stereocenters. The van der Waals surface area contributed by atoms with E-state index in [4.69, 9.17) is 21.7 Å². The smallest absolute Gasteiger partial charge is 0.257 e. The van der Waals surface area contributed by atoms with Crippen molar-refractivity contribution >= 4 is 57.4 Å². The first-order valence-electron chi connectivity index (χ1n) is 9.42. The molecule has 2 aromatic carbocycles. The summed E-state index contributed by atoms with van der Waals surface area (Å²) in [5, 5.41) is 8.57. The van der Waals surface area contributed by atoms with E-state index >= 15 is 0 Å². The molecular weight excluding hydrogens is 517 g/mol. The van der Waals surface area contributed by atoms with Crippen molar-refractivity contribution in [2.45, 2.75) is 18.9 Å². The molecule has 30 heavy (non-hydrogen) atoms. The molecule has 1 atom stereocenters. The standard InChI is InChI=1S/C21H22IN3O4S/c1-28-18-9-8-13(11-16(18)22)19(26)25-21(30)24-17-7-3-2-6-15(17)20(27)23-12-14-5-4-10-29-14/h2-3,6-9,11,14H,4-5,10,12H2,1H3,(H,23,27)(H2,24,25,26,30). The molecule has 1 heterocycles. The fraction of sp³-hybridized carbons (Fsp3) is 0.286. The average Bonchev–Trinajstić information content (AvgIpc) is 3.26. The summed E-state index contributed by atoms with van der Waals surface area (Å²) in [4.78, 5) is 25.1. The second kappa shape index (κ2) is 10.7. The van der Waals surface area contributed by atoms with E-state index in [0.717, 1.165) is 23.0 Å². The van der Waals surface area contributed by atoms with E-state index in [1.54, 1.807) is 49.6 Å². The summed E-state index contributed by atoms with van der Waals surface area (Å²) in [5.74, 6) is 0.108. The highest BCUT2D eigenvalue weighted by molar-refractivity contribution is 14.1. The van der Waals surface area contributed by atoms with Crippen LogP contribution in [-0.2, 0) is 4.74 Å². The highest BCUT2D eigenvalue weighted by Gasteiger charge is 2.18. The third-order valence-electron chi connectivity index (χ3n) is 4.58. The minimum absolute atomic E-state index is 0.0572. The van der Waals surface area contributed by atoms with E-state index in [0.29, 0.717) is 29.1 Å². The normalized spacial score (nSPS) is 15.3. The highest BCUT2D eigenvalue weighted by atomic mass is 127. The van der Waals surface area contributed by atoms with Gasteiger partial charge in [0.15, 0.2) is 5.11 Å². The molecule has 158 valence electrons. The summed E-state index contributed by atoms with van der Waals surface area (Å²) < 4.78 is 11.6. The van der Waals surface area contributed by atoms with E-state index in [1.165, 1.54) is 0 Å². The van der Waals surface area contributed by atoms with Gasteiger partial charge >= 0.3 is 0 Å². The lowest BCUT2D eigenvalue weighted by atomic mass is 10.1. The Bertz CT molecular complexity index is 948. The maximum atomic E-state index is 12.6. The molecule has 0 saturated carbocycles. The number of para-hydroxylation sites is 1. The Hall–Kier alpha value is -2.24. The summed E-state index contributed by atoms with van der Waals surface area (Å²) in [6.45, 7) is 1.20. The molecule has 1 aliphatic rings. The van der Waals surface area contributed by atoms with Gasteiger partial charge in [0.2, 0.25) is 0 Å². The number of anilines is 1. The lowest BCUT2D eigenvalue weighted by molar-refractivity contribution is 0.0858. The Morgan fingerprint density at radius 2 is 2.03 bits per heavy atom. The van der Waals surface area contributed by atoms with Crippen molar-refractivity contribution in [1.82, 2.24) is 10.6 Å². The third-order valence-corrected chi connectivity index (χ3v) is 5.62. The molecule has 3 rings (SSSR count). The maximum Gasteiger partial charge on any atom is 0.257 e. The van der Waals surface area contributed by atoms with E-state index in [2.05, 4.69) is 38.5 Å². The SMILES string of the molecule is COc1ccc(C(=O)NC(=S)Nc2ccccc2C(=O)NCC2CCCO2)cc1I. The van der Waals surface area contributed by atoms with Crippen LogP contribution in [0.1, 0.15) is 33.6 Å². The molecule has 0 spiro atoms. The van der Waals surface area contributed by atoms with Crippen LogP contribution in [0, 0.1) is 3.57 Å². The predicted molar refractivity (Wildman–Crippen MR) is 127 cm³/mol. The van der Waals surface area contributed by atoms with E-state index < -0.39 is 0 Å². The summed E-state index contributed by atoms with van der Waals surface area (Å²) in [6.07, 6.45) is 2.02. The lowest BCUT2D eigenvalue weighted by Crippen LogP contribution is -2.36. The van der Waals surface area contributed by atoms with Crippen LogP contribution >= 0.6 is 34.8 Å². The topological polar surface area (TPSA) is 88.7 Å². The van der Waals surface area contributed by atoms with Gasteiger partial charge in [0.1, 0.15) is 5.75 Å². The molecule has 1 fully saturated rings. The Morgan fingerprint density at radius 3 is 2.73 bits per heavy atom. The number of benzene rings is 2. The quantitative estimate of drug-likeness (QED) is 0.386. The molecular formula is C21H22IN3O4S. The first-order chi connectivity index (χ1) is 14.5. The third kappa shape index (κ3) is 5.89. The Morgan fingerprint density at radius 1 is 1.23 bits per heavy atom. The molecule has 0 aliphatic carbocycles. The number of hydrogen-bond donors (Lipinski definition) is 3. The first-order valence-corrected chi connectivity index (χ1v) is 10.9. The van der Waals surface area contributed by atoms with Crippen LogP contribution in [0.15, 0.2) is 42.5 Å². The number of carbonyl (C=O) groups excluding carboxylic acids is 2. The molecule has 1 saturated heterocycles.